The molecule has 0 aliphatic carbocycles. The topological polar surface area (TPSA) is 76.2 Å². The summed E-state index contributed by atoms with van der Waals surface area (Å²) in [7, 11) is 2.16. The Morgan fingerprint density at radius 2 is 1.79 bits per heavy atom. The van der Waals surface area contributed by atoms with Gasteiger partial charge >= 0.3 is 0 Å². The molecule has 4 aromatic rings. The molecule has 0 amide bonds. The second-order valence-corrected chi connectivity index (χ2v) is 10.5. The van der Waals surface area contributed by atoms with Crippen molar-refractivity contribution in [2.75, 3.05) is 56.5 Å². The monoisotopic (exact) mass is 508 g/mol. The van der Waals surface area contributed by atoms with Crippen molar-refractivity contribution >= 4 is 28.1 Å². The van der Waals surface area contributed by atoms with E-state index in [-0.39, 0.29) is 0 Å². The van der Waals surface area contributed by atoms with E-state index in [1.165, 1.54) is 37.9 Å². The molecule has 0 spiro atoms. The predicted octanol–water partition coefficient (Wildman–Crippen LogP) is 4.84. The Balaban J connectivity index is 1.20. The third-order valence-electron chi connectivity index (χ3n) is 7.70. The van der Waals surface area contributed by atoms with Gasteiger partial charge in [-0.15, -0.1) is 0 Å². The van der Waals surface area contributed by atoms with E-state index in [2.05, 4.69) is 84.1 Å². The van der Waals surface area contributed by atoms with Crippen molar-refractivity contribution in [1.29, 1.82) is 0 Å². The van der Waals surface area contributed by atoms with Gasteiger partial charge in [-0.3, -0.25) is 15.0 Å². The Kier molecular flexibility index (Phi) is 7.07. The Hall–Kier alpha value is -3.75. The zero-order valence-corrected chi connectivity index (χ0v) is 22.2. The molecule has 0 atom stereocenters. The third kappa shape index (κ3) is 5.42. The molecule has 196 valence electrons. The molecular formula is C30H36N8. The minimum absolute atomic E-state index is 0.751. The highest BCUT2D eigenvalue weighted by atomic mass is 15.3. The summed E-state index contributed by atoms with van der Waals surface area (Å²) in [6, 6.07) is 12.7. The van der Waals surface area contributed by atoms with E-state index < -0.39 is 0 Å². The number of hydrogen-bond donors (Lipinski definition) is 2. The van der Waals surface area contributed by atoms with Crippen LogP contribution in [0.3, 0.4) is 0 Å². The first kappa shape index (κ1) is 24.6. The molecule has 2 aliphatic heterocycles. The van der Waals surface area contributed by atoms with Crippen LogP contribution in [0.4, 0.5) is 11.5 Å². The minimum atomic E-state index is 0.751. The van der Waals surface area contributed by atoms with Crippen LogP contribution in [0.5, 0.6) is 0 Å². The summed E-state index contributed by atoms with van der Waals surface area (Å²) in [6.45, 7) is 11.7. The molecule has 2 saturated heterocycles. The van der Waals surface area contributed by atoms with E-state index in [1.54, 1.807) is 0 Å². The number of hydrogen-bond acceptors (Lipinski definition) is 7. The predicted molar refractivity (Wildman–Crippen MR) is 155 cm³/mol. The van der Waals surface area contributed by atoms with Crippen LogP contribution in [0.25, 0.3) is 27.7 Å². The summed E-state index contributed by atoms with van der Waals surface area (Å²) in [5.41, 5.74) is 7.02. The van der Waals surface area contributed by atoms with Crippen molar-refractivity contribution in [2.45, 2.75) is 25.8 Å². The summed E-state index contributed by atoms with van der Waals surface area (Å²) in [6.07, 6.45) is 9.74. The lowest BCUT2D eigenvalue weighted by Crippen LogP contribution is -2.44. The van der Waals surface area contributed by atoms with Gasteiger partial charge in [0.05, 0.1) is 11.2 Å². The lowest BCUT2D eigenvalue weighted by Gasteiger charge is -2.33. The minimum Gasteiger partial charge on any atom is -0.354 e. The van der Waals surface area contributed by atoms with Crippen LogP contribution in [0.15, 0.2) is 61.6 Å². The maximum atomic E-state index is 4.60. The number of anilines is 2. The second-order valence-electron chi connectivity index (χ2n) is 10.5. The lowest BCUT2D eigenvalue weighted by atomic mass is 10.0. The number of H-pyrrole nitrogens is 1. The molecule has 2 N–H and O–H groups in total. The summed E-state index contributed by atoms with van der Waals surface area (Å²) in [5.74, 6) is 0.988. The van der Waals surface area contributed by atoms with Gasteiger partial charge in [-0.2, -0.15) is 5.10 Å². The number of piperidine rings is 1. The van der Waals surface area contributed by atoms with E-state index in [0.717, 1.165) is 77.6 Å². The van der Waals surface area contributed by atoms with E-state index >= 15 is 0 Å². The molecule has 2 fully saturated rings. The van der Waals surface area contributed by atoms with Crippen molar-refractivity contribution in [1.82, 2.24) is 30.0 Å². The normalized spacial score (nSPS) is 17.1. The largest absolute Gasteiger partial charge is 0.354 e. The maximum absolute atomic E-state index is 4.60. The highest BCUT2D eigenvalue weighted by Crippen LogP contribution is 2.29. The summed E-state index contributed by atoms with van der Waals surface area (Å²) in [5, 5.41) is 12.3. The van der Waals surface area contributed by atoms with Crippen molar-refractivity contribution in [2.24, 2.45) is 0 Å². The molecule has 3 aromatic heterocycles. The smallest absolute Gasteiger partial charge is 0.130 e. The number of aromatic nitrogens is 4. The summed E-state index contributed by atoms with van der Waals surface area (Å²) < 4.78 is 0. The van der Waals surface area contributed by atoms with Gasteiger partial charge in [0.15, 0.2) is 0 Å². The van der Waals surface area contributed by atoms with Gasteiger partial charge in [0.25, 0.3) is 0 Å². The average Bonchev–Trinajstić information content (AvgIpc) is 3.38. The number of nitrogens with one attached hydrogen (secondary N) is 2. The molecular weight excluding hydrogens is 472 g/mol. The zero-order chi connectivity index (χ0) is 25.9. The van der Waals surface area contributed by atoms with E-state index in [0.29, 0.717) is 0 Å². The molecule has 5 heterocycles. The van der Waals surface area contributed by atoms with E-state index in [9.17, 15) is 0 Å². The number of pyridine rings is 2. The number of piperazine rings is 1. The van der Waals surface area contributed by atoms with Crippen LogP contribution in [-0.2, 0) is 6.54 Å². The van der Waals surface area contributed by atoms with Crippen LogP contribution in [0, 0.1) is 0 Å². The van der Waals surface area contributed by atoms with E-state index in [1.807, 2.05) is 24.7 Å². The number of likely N-dealkylation sites (N-methyl/N-ethyl adjacent to an activating group) is 1. The SMILES string of the molecule is C=C(Nc1ccnc(N2CCN(C)CC2)c1)c1n[nH]c2ccc(-c3cncc(CN4CCCCC4)c3)cc12. The van der Waals surface area contributed by atoms with Crippen molar-refractivity contribution in [3.8, 4) is 11.1 Å². The van der Waals surface area contributed by atoms with Crippen LogP contribution in [0.1, 0.15) is 30.5 Å². The van der Waals surface area contributed by atoms with Crippen molar-refractivity contribution in [3.63, 3.8) is 0 Å². The fraction of sp³-hybridized carbons (Fsp3) is 0.367. The number of rotatable bonds is 7. The van der Waals surface area contributed by atoms with Gasteiger partial charge in [0.2, 0.25) is 0 Å². The summed E-state index contributed by atoms with van der Waals surface area (Å²) >= 11 is 0. The van der Waals surface area contributed by atoms with Gasteiger partial charge in [-0.1, -0.05) is 19.1 Å². The molecule has 0 saturated carbocycles. The number of benzene rings is 1. The third-order valence-corrected chi connectivity index (χ3v) is 7.70. The first-order chi connectivity index (χ1) is 18.6. The van der Waals surface area contributed by atoms with Crippen LogP contribution in [-0.4, -0.2) is 76.3 Å². The standard InChI is InChI=1S/C30H36N8/c1-22(33-26-8-9-32-29(18-26)38-14-12-36(2)13-15-38)30-27-17-24(6-7-28(27)34-35-30)25-16-23(19-31-20-25)21-37-10-4-3-5-11-37/h6-9,16-20H,1,3-5,10-15,21H2,2H3,(H,32,33)(H,34,35). The van der Waals surface area contributed by atoms with Gasteiger partial charge in [0, 0.05) is 74.0 Å². The Morgan fingerprint density at radius 3 is 2.63 bits per heavy atom. The van der Waals surface area contributed by atoms with Crippen LogP contribution >= 0.6 is 0 Å². The Labute approximate surface area is 224 Å². The van der Waals surface area contributed by atoms with Gasteiger partial charge in [-0.05, 0) is 68.4 Å². The first-order valence-electron chi connectivity index (χ1n) is 13.6. The zero-order valence-electron chi connectivity index (χ0n) is 22.2. The lowest BCUT2D eigenvalue weighted by molar-refractivity contribution is 0.220. The fourth-order valence-electron chi connectivity index (χ4n) is 5.47. The fourth-order valence-corrected chi connectivity index (χ4v) is 5.47. The maximum Gasteiger partial charge on any atom is 0.130 e. The number of nitrogens with zero attached hydrogens (tertiary/aromatic N) is 6. The number of fused-ring (bicyclic) bond motifs is 1. The first-order valence-corrected chi connectivity index (χ1v) is 13.6. The quantitative estimate of drug-likeness (QED) is 0.370. The van der Waals surface area contributed by atoms with Crippen molar-refractivity contribution < 1.29 is 0 Å². The molecule has 2 aliphatic rings. The molecule has 6 rings (SSSR count). The molecule has 8 nitrogen and oxygen atoms in total. The van der Waals surface area contributed by atoms with E-state index in [4.69, 9.17) is 0 Å². The van der Waals surface area contributed by atoms with Crippen molar-refractivity contribution in [3.05, 3.63) is 72.8 Å². The molecule has 1 aromatic carbocycles. The second kappa shape index (κ2) is 10.9. The van der Waals surface area contributed by atoms with Gasteiger partial charge in [-0.25, -0.2) is 4.98 Å². The molecule has 0 bridgehead atoms. The van der Waals surface area contributed by atoms with Gasteiger partial charge in [0.1, 0.15) is 11.5 Å². The van der Waals surface area contributed by atoms with Gasteiger partial charge < -0.3 is 15.1 Å². The summed E-state index contributed by atoms with van der Waals surface area (Å²) in [4.78, 5) is 16.4. The number of aromatic amines is 1. The molecule has 38 heavy (non-hydrogen) atoms. The molecule has 0 unspecified atom stereocenters. The highest BCUT2D eigenvalue weighted by molar-refractivity contribution is 5.95. The average molecular weight is 509 g/mol. The Morgan fingerprint density at radius 1 is 0.947 bits per heavy atom. The highest BCUT2D eigenvalue weighted by Gasteiger charge is 2.17. The van der Waals surface area contributed by atoms with Crippen LogP contribution < -0.4 is 10.2 Å². The Bertz CT molecular complexity index is 1410. The molecule has 8 heteroatoms. The molecule has 0 radical (unpaired) electrons. The number of likely N-dealkylation sites (tertiary alicyclic amines) is 1. The van der Waals surface area contributed by atoms with Crippen LogP contribution in [0.2, 0.25) is 0 Å².